The molecule has 1 aromatic rings. The predicted octanol–water partition coefficient (Wildman–Crippen LogP) is 0.710. The van der Waals surface area contributed by atoms with Crippen molar-refractivity contribution in [1.82, 2.24) is 15.5 Å². The van der Waals surface area contributed by atoms with Crippen LogP contribution < -0.4 is 10.6 Å². The van der Waals surface area contributed by atoms with Gasteiger partial charge in [0.25, 0.3) is 5.91 Å². The normalized spacial score (nSPS) is 23.7. The highest BCUT2D eigenvalue weighted by molar-refractivity contribution is 6.05. The second-order valence-corrected chi connectivity index (χ2v) is 7.57. The van der Waals surface area contributed by atoms with Crippen LogP contribution in [0.5, 0.6) is 0 Å². The van der Waals surface area contributed by atoms with Crippen LogP contribution in [-0.4, -0.2) is 54.6 Å². The molecule has 1 aromatic carbocycles. The number of piperidine rings is 1. The number of amides is 4. The monoisotopic (exact) mass is 401 g/mol. The van der Waals surface area contributed by atoms with Crippen LogP contribution in [0.25, 0.3) is 0 Å². The number of hydrogen-bond donors (Lipinski definition) is 2. The zero-order valence-electron chi connectivity index (χ0n) is 15.9. The molecular weight excluding hydrogens is 378 g/mol. The number of carbonyl (C=O) groups excluding carboxylic acids is 4. The molecule has 3 aliphatic rings. The highest BCUT2D eigenvalue weighted by atomic mass is 16.6. The van der Waals surface area contributed by atoms with Gasteiger partial charge in [0.2, 0.25) is 11.8 Å². The van der Waals surface area contributed by atoms with Crippen molar-refractivity contribution in [3.63, 3.8) is 0 Å². The van der Waals surface area contributed by atoms with E-state index < -0.39 is 18.0 Å². The van der Waals surface area contributed by atoms with Crippen LogP contribution in [0.1, 0.15) is 40.7 Å². The molecular formula is C20H23N3O6. The van der Waals surface area contributed by atoms with E-state index >= 15 is 0 Å². The molecule has 4 amide bonds. The van der Waals surface area contributed by atoms with Crippen molar-refractivity contribution in [2.24, 2.45) is 5.92 Å². The van der Waals surface area contributed by atoms with Gasteiger partial charge in [-0.05, 0) is 30.0 Å². The molecule has 9 heteroatoms. The van der Waals surface area contributed by atoms with Crippen molar-refractivity contribution >= 4 is 23.8 Å². The second kappa shape index (κ2) is 8.20. The molecule has 9 nitrogen and oxygen atoms in total. The maximum atomic E-state index is 12.8. The number of nitrogens with one attached hydrogen (secondary N) is 2. The second-order valence-electron chi connectivity index (χ2n) is 7.57. The molecule has 4 rings (SSSR count). The number of rotatable bonds is 5. The Labute approximate surface area is 167 Å². The molecule has 2 atom stereocenters. The summed E-state index contributed by atoms with van der Waals surface area (Å²) in [6.07, 6.45) is 0.940. The maximum Gasteiger partial charge on any atom is 0.407 e. The number of ether oxygens (including phenoxy) is 2. The molecule has 154 valence electrons. The number of carbonyl (C=O) groups is 4. The van der Waals surface area contributed by atoms with Gasteiger partial charge >= 0.3 is 6.09 Å². The van der Waals surface area contributed by atoms with Crippen LogP contribution in [0.3, 0.4) is 0 Å². The van der Waals surface area contributed by atoms with Gasteiger partial charge in [-0.25, -0.2) is 4.79 Å². The zero-order valence-corrected chi connectivity index (χ0v) is 15.9. The lowest BCUT2D eigenvalue weighted by Gasteiger charge is -2.29. The summed E-state index contributed by atoms with van der Waals surface area (Å²) in [5.41, 5.74) is 2.11. The van der Waals surface area contributed by atoms with E-state index in [-0.39, 0.29) is 30.7 Å². The van der Waals surface area contributed by atoms with Crippen molar-refractivity contribution in [3.05, 3.63) is 34.9 Å². The first-order chi connectivity index (χ1) is 14.0. The third-order valence-electron chi connectivity index (χ3n) is 5.50. The van der Waals surface area contributed by atoms with Gasteiger partial charge in [-0.3, -0.25) is 19.7 Å². The number of hydrogen-bond acceptors (Lipinski definition) is 6. The Morgan fingerprint density at radius 3 is 2.90 bits per heavy atom. The Hall–Kier alpha value is -2.94. The highest BCUT2D eigenvalue weighted by Crippen LogP contribution is 2.28. The summed E-state index contributed by atoms with van der Waals surface area (Å²) in [4.78, 5) is 49.6. The molecule has 3 heterocycles. The van der Waals surface area contributed by atoms with Gasteiger partial charge in [0.15, 0.2) is 0 Å². The van der Waals surface area contributed by atoms with Crippen LogP contribution in [0.15, 0.2) is 18.2 Å². The van der Waals surface area contributed by atoms with Crippen LogP contribution >= 0.6 is 0 Å². The van der Waals surface area contributed by atoms with E-state index in [1.54, 1.807) is 6.07 Å². The number of imide groups is 1. The summed E-state index contributed by atoms with van der Waals surface area (Å²) in [5, 5.41) is 4.98. The SMILES string of the molecule is O=C1CCC(N2Cc3ccc(CNC(=O)OCC4CCOC4)cc3C2=O)C(=O)N1. The van der Waals surface area contributed by atoms with E-state index in [9.17, 15) is 19.2 Å². The average Bonchev–Trinajstić information content (AvgIpc) is 3.33. The molecule has 3 aliphatic heterocycles. The minimum absolute atomic E-state index is 0.223. The highest BCUT2D eigenvalue weighted by Gasteiger charge is 2.39. The van der Waals surface area contributed by atoms with Gasteiger partial charge in [-0.1, -0.05) is 12.1 Å². The Balaban J connectivity index is 1.33. The maximum absolute atomic E-state index is 12.8. The molecule has 0 spiro atoms. The number of benzene rings is 1. The average molecular weight is 401 g/mol. The molecule has 2 fully saturated rings. The van der Waals surface area contributed by atoms with Crippen molar-refractivity contribution < 1.29 is 28.7 Å². The fourth-order valence-corrected chi connectivity index (χ4v) is 3.85. The Bertz CT molecular complexity index is 849. The Morgan fingerprint density at radius 2 is 2.14 bits per heavy atom. The van der Waals surface area contributed by atoms with Crippen LogP contribution in [0.2, 0.25) is 0 Å². The molecule has 29 heavy (non-hydrogen) atoms. The summed E-state index contributed by atoms with van der Waals surface area (Å²) >= 11 is 0. The number of alkyl carbamates (subject to hydrolysis) is 1. The van der Waals surface area contributed by atoms with Gasteiger partial charge in [0, 0.05) is 37.6 Å². The summed E-state index contributed by atoms with van der Waals surface area (Å²) < 4.78 is 10.4. The van der Waals surface area contributed by atoms with Gasteiger partial charge in [-0.15, -0.1) is 0 Å². The predicted molar refractivity (Wildman–Crippen MR) is 99.6 cm³/mol. The smallest absolute Gasteiger partial charge is 0.407 e. The van der Waals surface area contributed by atoms with E-state index in [4.69, 9.17) is 9.47 Å². The summed E-state index contributed by atoms with van der Waals surface area (Å²) in [5.74, 6) is -0.729. The van der Waals surface area contributed by atoms with E-state index in [1.165, 1.54) is 4.90 Å². The first-order valence-electron chi connectivity index (χ1n) is 9.76. The van der Waals surface area contributed by atoms with Gasteiger partial charge in [0.05, 0.1) is 13.2 Å². The zero-order chi connectivity index (χ0) is 20.4. The largest absolute Gasteiger partial charge is 0.449 e. The third kappa shape index (κ3) is 4.24. The number of fused-ring (bicyclic) bond motifs is 1. The van der Waals surface area contributed by atoms with Crippen LogP contribution in [-0.2, 0) is 32.2 Å². The molecule has 2 unspecified atom stereocenters. The van der Waals surface area contributed by atoms with Gasteiger partial charge in [0.1, 0.15) is 6.04 Å². The molecule has 0 bridgehead atoms. The molecule has 0 saturated carbocycles. The first-order valence-corrected chi connectivity index (χ1v) is 9.76. The van der Waals surface area contributed by atoms with E-state index in [0.29, 0.717) is 38.3 Å². The minimum atomic E-state index is -0.635. The fraction of sp³-hybridized carbons (Fsp3) is 0.500. The number of nitrogens with zero attached hydrogens (tertiary/aromatic N) is 1. The van der Waals surface area contributed by atoms with E-state index in [0.717, 1.165) is 17.5 Å². The third-order valence-corrected chi connectivity index (χ3v) is 5.50. The minimum Gasteiger partial charge on any atom is -0.449 e. The molecule has 0 radical (unpaired) electrons. The molecule has 0 aromatic heterocycles. The fourth-order valence-electron chi connectivity index (χ4n) is 3.85. The Kier molecular flexibility index (Phi) is 5.48. The lowest BCUT2D eigenvalue weighted by atomic mass is 10.0. The summed E-state index contributed by atoms with van der Waals surface area (Å²) in [6.45, 7) is 2.21. The van der Waals surface area contributed by atoms with E-state index in [1.807, 2.05) is 12.1 Å². The first kappa shape index (κ1) is 19.4. The van der Waals surface area contributed by atoms with Crippen LogP contribution in [0.4, 0.5) is 4.79 Å². The topological polar surface area (TPSA) is 114 Å². The van der Waals surface area contributed by atoms with Crippen molar-refractivity contribution in [3.8, 4) is 0 Å². The molecule has 0 aliphatic carbocycles. The summed E-state index contributed by atoms with van der Waals surface area (Å²) in [6, 6.07) is 4.76. The summed E-state index contributed by atoms with van der Waals surface area (Å²) in [7, 11) is 0. The van der Waals surface area contributed by atoms with Crippen molar-refractivity contribution in [2.75, 3.05) is 19.8 Å². The van der Waals surface area contributed by atoms with E-state index in [2.05, 4.69) is 10.6 Å². The lowest BCUT2D eigenvalue weighted by molar-refractivity contribution is -0.136. The quantitative estimate of drug-likeness (QED) is 0.703. The van der Waals surface area contributed by atoms with Gasteiger partial charge in [-0.2, -0.15) is 0 Å². The lowest BCUT2D eigenvalue weighted by Crippen LogP contribution is -2.52. The molecule has 2 N–H and O–H groups in total. The Morgan fingerprint density at radius 1 is 1.28 bits per heavy atom. The standard InChI is InChI=1S/C20H23N3O6/c24-17-4-3-16(18(25)22-17)23-9-14-2-1-12(7-15(14)19(23)26)8-21-20(27)29-11-13-5-6-28-10-13/h1-2,7,13,16H,3-6,8-11H2,(H,21,27)(H,22,24,25). The van der Waals surface area contributed by atoms with Crippen molar-refractivity contribution in [1.29, 1.82) is 0 Å². The van der Waals surface area contributed by atoms with Crippen molar-refractivity contribution in [2.45, 2.75) is 38.4 Å². The van der Waals surface area contributed by atoms with Crippen LogP contribution in [0, 0.1) is 5.92 Å². The molecule has 2 saturated heterocycles. The van der Waals surface area contributed by atoms with Gasteiger partial charge < -0.3 is 19.7 Å².